The van der Waals surface area contributed by atoms with Crippen molar-refractivity contribution < 1.29 is 19.5 Å². The highest BCUT2D eigenvalue weighted by molar-refractivity contribution is 6.05. The van der Waals surface area contributed by atoms with E-state index in [-0.39, 0.29) is 11.8 Å². The summed E-state index contributed by atoms with van der Waals surface area (Å²) in [4.78, 5) is 38.0. The molecule has 1 fully saturated rings. The maximum absolute atomic E-state index is 12.8. The van der Waals surface area contributed by atoms with E-state index in [1.165, 1.54) is 4.90 Å². The third-order valence-electron chi connectivity index (χ3n) is 4.73. The van der Waals surface area contributed by atoms with Crippen LogP contribution in [0.1, 0.15) is 45.5 Å². The summed E-state index contributed by atoms with van der Waals surface area (Å²) in [7, 11) is 0. The highest BCUT2D eigenvalue weighted by Crippen LogP contribution is 2.21. The van der Waals surface area contributed by atoms with Gasteiger partial charge in [-0.1, -0.05) is 23.8 Å². The molecule has 1 aliphatic heterocycles. The molecule has 140 valence electrons. The number of carbonyl (C=O) groups excluding carboxylic acids is 2. The van der Waals surface area contributed by atoms with Crippen molar-refractivity contribution in [3.05, 3.63) is 65.2 Å². The molecule has 1 aliphatic rings. The molecule has 1 unspecified atom stereocenters. The molecule has 2 N–H and O–H groups in total. The van der Waals surface area contributed by atoms with E-state index in [2.05, 4.69) is 5.32 Å². The summed E-state index contributed by atoms with van der Waals surface area (Å²) in [6.07, 6.45) is 2.05. The minimum Gasteiger partial charge on any atom is -0.480 e. The lowest BCUT2D eigenvalue weighted by molar-refractivity contribution is -0.143. The third-order valence-corrected chi connectivity index (χ3v) is 4.73. The first kappa shape index (κ1) is 18.6. The van der Waals surface area contributed by atoms with E-state index in [1.807, 2.05) is 19.1 Å². The van der Waals surface area contributed by atoms with E-state index in [9.17, 15) is 19.5 Å². The molecule has 0 bridgehead atoms. The van der Waals surface area contributed by atoms with Crippen LogP contribution in [0.2, 0.25) is 0 Å². The molecule has 2 aromatic carbocycles. The lowest BCUT2D eigenvalue weighted by atomic mass is 10.0. The SMILES string of the molecule is Cc1ccc(C(=O)Nc2cccc(C(=O)N3CCCCC3C(=O)O)c2)cc1. The molecule has 27 heavy (non-hydrogen) atoms. The minimum absolute atomic E-state index is 0.263. The maximum atomic E-state index is 12.8. The maximum Gasteiger partial charge on any atom is 0.326 e. The van der Waals surface area contributed by atoms with Crippen LogP contribution < -0.4 is 5.32 Å². The normalized spacial score (nSPS) is 16.6. The molecule has 2 aromatic rings. The first-order chi connectivity index (χ1) is 13.0. The Balaban J connectivity index is 1.76. The van der Waals surface area contributed by atoms with Crippen molar-refractivity contribution in [1.29, 1.82) is 0 Å². The molecule has 2 amide bonds. The third kappa shape index (κ3) is 4.34. The van der Waals surface area contributed by atoms with Crippen LogP contribution in [0.5, 0.6) is 0 Å². The minimum atomic E-state index is -0.980. The fraction of sp³-hybridized carbons (Fsp3) is 0.286. The summed E-state index contributed by atoms with van der Waals surface area (Å²) in [5.41, 5.74) is 2.45. The number of piperidine rings is 1. The van der Waals surface area contributed by atoms with Crippen LogP contribution in [0.3, 0.4) is 0 Å². The smallest absolute Gasteiger partial charge is 0.326 e. The topological polar surface area (TPSA) is 86.7 Å². The van der Waals surface area contributed by atoms with Gasteiger partial charge in [-0.3, -0.25) is 9.59 Å². The number of hydrogen-bond acceptors (Lipinski definition) is 3. The largest absolute Gasteiger partial charge is 0.480 e. The molecule has 0 radical (unpaired) electrons. The van der Waals surface area contributed by atoms with Gasteiger partial charge in [0.15, 0.2) is 0 Å². The van der Waals surface area contributed by atoms with Crippen molar-refractivity contribution in [2.45, 2.75) is 32.2 Å². The number of aryl methyl sites for hydroxylation is 1. The number of carbonyl (C=O) groups is 3. The van der Waals surface area contributed by atoms with Gasteiger partial charge in [-0.05, 0) is 56.5 Å². The predicted molar refractivity (Wildman–Crippen MR) is 102 cm³/mol. The van der Waals surface area contributed by atoms with Gasteiger partial charge in [0, 0.05) is 23.4 Å². The summed E-state index contributed by atoms with van der Waals surface area (Å²) in [5.74, 6) is -1.57. The van der Waals surface area contributed by atoms with E-state index >= 15 is 0 Å². The number of anilines is 1. The van der Waals surface area contributed by atoms with Gasteiger partial charge in [-0.15, -0.1) is 0 Å². The number of hydrogen-bond donors (Lipinski definition) is 2. The van der Waals surface area contributed by atoms with Crippen LogP contribution in [0.25, 0.3) is 0 Å². The van der Waals surface area contributed by atoms with Crippen molar-refractivity contribution >= 4 is 23.5 Å². The van der Waals surface area contributed by atoms with Crippen molar-refractivity contribution in [2.24, 2.45) is 0 Å². The lowest BCUT2D eigenvalue weighted by Crippen LogP contribution is -2.48. The molecule has 0 aromatic heterocycles. The van der Waals surface area contributed by atoms with Crippen molar-refractivity contribution in [1.82, 2.24) is 4.90 Å². The molecule has 0 aliphatic carbocycles. The van der Waals surface area contributed by atoms with Crippen LogP contribution in [-0.2, 0) is 4.79 Å². The van der Waals surface area contributed by atoms with E-state index < -0.39 is 12.0 Å². The van der Waals surface area contributed by atoms with E-state index in [4.69, 9.17) is 0 Å². The molecule has 1 atom stereocenters. The zero-order chi connectivity index (χ0) is 19.4. The molecule has 3 rings (SSSR count). The molecular formula is C21H22N2O4. The number of carboxylic acids is 1. The molecule has 6 heteroatoms. The Bertz CT molecular complexity index is 861. The zero-order valence-electron chi connectivity index (χ0n) is 15.1. The number of nitrogens with zero attached hydrogens (tertiary/aromatic N) is 1. The number of aliphatic carboxylic acids is 1. The monoisotopic (exact) mass is 366 g/mol. The fourth-order valence-corrected chi connectivity index (χ4v) is 3.24. The highest BCUT2D eigenvalue weighted by Gasteiger charge is 2.32. The summed E-state index contributed by atoms with van der Waals surface area (Å²) < 4.78 is 0. The summed E-state index contributed by atoms with van der Waals surface area (Å²) >= 11 is 0. The standard InChI is InChI=1S/C21H22N2O4/c1-14-8-10-15(11-9-14)19(24)22-17-6-4-5-16(13-17)20(25)23-12-3-2-7-18(23)21(26)27/h4-6,8-11,13,18H,2-3,7,12H2,1H3,(H,22,24)(H,26,27). The fourth-order valence-electron chi connectivity index (χ4n) is 3.24. The number of amides is 2. The average molecular weight is 366 g/mol. The van der Waals surface area contributed by atoms with E-state index in [0.29, 0.717) is 29.8 Å². The second kappa shape index (κ2) is 8.03. The Morgan fingerprint density at radius 1 is 1.04 bits per heavy atom. The van der Waals surface area contributed by atoms with Gasteiger partial charge in [0.25, 0.3) is 11.8 Å². The predicted octanol–water partition coefficient (Wildman–Crippen LogP) is 3.33. The number of likely N-dealkylation sites (tertiary alicyclic amines) is 1. The van der Waals surface area contributed by atoms with Gasteiger partial charge in [-0.2, -0.15) is 0 Å². The van der Waals surface area contributed by atoms with Crippen molar-refractivity contribution in [2.75, 3.05) is 11.9 Å². The summed E-state index contributed by atoms with van der Waals surface area (Å²) in [6.45, 7) is 2.37. The Labute approximate surface area is 157 Å². The van der Waals surface area contributed by atoms with Gasteiger partial charge >= 0.3 is 5.97 Å². The Morgan fingerprint density at radius 2 is 1.78 bits per heavy atom. The summed E-state index contributed by atoms with van der Waals surface area (Å²) in [6, 6.07) is 13.0. The average Bonchev–Trinajstić information content (AvgIpc) is 2.68. The zero-order valence-corrected chi connectivity index (χ0v) is 15.1. The molecule has 0 saturated carbocycles. The highest BCUT2D eigenvalue weighted by atomic mass is 16.4. The van der Waals surface area contributed by atoms with Crippen LogP contribution in [0.15, 0.2) is 48.5 Å². The molecule has 6 nitrogen and oxygen atoms in total. The molecule has 0 spiro atoms. The van der Waals surface area contributed by atoms with Crippen molar-refractivity contribution in [3.63, 3.8) is 0 Å². The first-order valence-electron chi connectivity index (χ1n) is 8.97. The lowest BCUT2D eigenvalue weighted by Gasteiger charge is -2.33. The van der Waals surface area contributed by atoms with Gasteiger partial charge < -0.3 is 15.3 Å². The van der Waals surface area contributed by atoms with Gasteiger partial charge in [0.05, 0.1) is 0 Å². The summed E-state index contributed by atoms with van der Waals surface area (Å²) in [5, 5.41) is 12.2. The van der Waals surface area contributed by atoms with E-state index in [1.54, 1.807) is 36.4 Å². The van der Waals surface area contributed by atoms with Gasteiger partial charge in [-0.25, -0.2) is 4.79 Å². The van der Waals surface area contributed by atoms with Crippen LogP contribution in [-0.4, -0.2) is 40.4 Å². The quantitative estimate of drug-likeness (QED) is 0.869. The molecular weight excluding hydrogens is 344 g/mol. The number of benzene rings is 2. The number of rotatable bonds is 4. The van der Waals surface area contributed by atoms with E-state index in [0.717, 1.165) is 18.4 Å². The Morgan fingerprint density at radius 3 is 2.48 bits per heavy atom. The number of nitrogens with one attached hydrogen (secondary N) is 1. The Kier molecular flexibility index (Phi) is 5.54. The second-order valence-electron chi connectivity index (χ2n) is 6.75. The van der Waals surface area contributed by atoms with Gasteiger partial charge in [0.2, 0.25) is 0 Å². The van der Waals surface area contributed by atoms with Gasteiger partial charge in [0.1, 0.15) is 6.04 Å². The molecule has 1 saturated heterocycles. The van der Waals surface area contributed by atoms with Crippen LogP contribution >= 0.6 is 0 Å². The molecule has 1 heterocycles. The van der Waals surface area contributed by atoms with Crippen LogP contribution in [0, 0.1) is 6.92 Å². The second-order valence-corrected chi connectivity index (χ2v) is 6.75. The Hall–Kier alpha value is -3.15. The number of carboxylic acid groups (broad SMARTS) is 1. The first-order valence-corrected chi connectivity index (χ1v) is 8.97. The van der Waals surface area contributed by atoms with Crippen LogP contribution in [0.4, 0.5) is 5.69 Å². The van der Waals surface area contributed by atoms with Crippen molar-refractivity contribution in [3.8, 4) is 0 Å².